The quantitative estimate of drug-likeness (QED) is 0.645. The summed E-state index contributed by atoms with van der Waals surface area (Å²) in [6.07, 6.45) is 4.66. The zero-order valence-electron chi connectivity index (χ0n) is 11.2. The Balaban J connectivity index is 1.89. The molecule has 1 aromatic heterocycles. The molecule has 2 aromatic carbocycles. The Bertz CT molecular complexity index is 813. The lowest BCUT2D eigenvalue weighted by atomic mass is 9.96. The summed E-state index contributed by atoms with van der Waals surface area (Å²) in [6.45, 7) is 0. The number of carbonyl (C=O) groups excluding carboxylic acids is 1. The van der Waals surface area contributed by atoms with E-state index in [1.165, 1.54) is 10.8 Å². The van der Waals surface area contributed by atoms with Gasteiger partial charge in [0.05, 0.1) is 0 Å². The molecule has 0 radical (unpaired) electrons. The molecule has 1 aliphatic rings. The number of aromatic nitrogens is 1. The maximum Gasteiger partial charge on any atom is 0.164 e. The van der Waals surface area contributed by atoms with Crippen LogP contribution in [-0.4, -0.2) is 10.4 Å². The van der Waals surface area contributed by atoms with Crippen molar-refractivity contribution < 1.29 is 4.79 Å². The second-order valence-corrected chi connectivity index (χ2v) is 5.35. The number of hydrogen-bond donors (Lipinski definition) is 0. The second kappa shape index (κ2) is 4.34. The topological polar surface area (TPSA) is 22.0 Å². The highest BCUT2D eigenvalue weighted by molar-refractivity contribution is 5.98. The Kier molecular flexibility index (Phi) is 2.49. The summed E-state index contributed by atoms with van der Waals surface area (Å²) in [5.41, 5.74) is 3.21. The highest BCUT2D eigenvalue weighted by atomic mass is 16.1. The lowest BCUT2D eigenvalue weighted by Gasteiger charge is -2.15. The van der Waals surface area contributed by atoms with Gasteiger partial charge in [-0.15, -0.1) is 0 Å². The predicted octanol–water partition coefficient (Wildman–Crippen LogP) is 4.15. The molecule has 98 valence electrons. The molecular formula is C18H15NO. The molecule has 20 heavy (non-hydrogen) atoms. The maximum absolute atomic E-state index is 11.9. The number of hydrogen-bond acceptors (Lipinski definition) is 1. The van der Waals surface area contributed by atoms with Crippen LogP contribution in [0.25, 0.3) is 16.5 Å². The number of benzene rings is 2. The molecule has 0 unspecified atom stereocenters. The Morgan fingerprint density at radius 2 is 1.75 bits per heavy atom. The average molecular weight is 261 g/mol. The van der Waals surface area contributed by atoms with Crippen LogP contribution >= 0.6 is 0 Å². The largest absolute Gasteiger partial charge is 0.320 e. The third kappa shape index (κ3) is 1.68. The smallest absolute Gasteiger partial charge is 0.164 e. The molecule has 0 bridgehead atoms. The average Bonchev–Trinajstić information content (AvgIpc) is 2.92. The van der Waals surface area contributed by atoms with Gasteiger partial charge in [0, 0.05) is 29.6 Å². The van der Waals surface area contributed by atoms with Crippen molar-refractivity contribution >= 4 is 16.6 Å². The summed E-state index contributed by atoms with van der Waals surface area (Å²) >= 11 is 0. The summed E-state index contributed by atoms with van der Waals surface area (Å²) in [7, 11) is 0. The molecule has 1 heterocycles. The van der Waals surface area contributed by atoms with Crippen LogP contribution in [0.2, 0.25) is 0 Å². The second-order valence-electron chi connectivity index (χ2n) is 5.35. The molecule has 0 saturated heterocycles. The van der Waals surface area contributed by atoms with Crippen LogP contribution in [0.1, 0.15) is 28.9 Å². The molecule has 0 fully saturated rings. The van der Waals surface area contributed by atoms with Crippen LogP contribution < -0.4 is 0 Å². The standard InChI is InChI=1S/C18H15NO/c20-18-7-3-6-17-16(18)10-11-19(17)15-9-8-13-4-1-2-5-14(13)12-15/h1-2,4-5,8-12H,3,6-7H2. The van der Waals surface area contributed by atoms with E-state index in [9.17, 15) is 4.79 Å². The summed E-state index contributed by atoms with van der Waals surface area (Å²) < 4.78 is 2.17. The van der Waals surface area contributed by atoms with Gasteiger partial charge < -0.3 is 4.57 Å². The van der Waals surface area contributed by atoms with Crippen molar-refractivity contribution in [2.75, 3.05) is 0 Å². The van der Waals surface area contributed by atoms with Gasteiger partial charge in [0.25, 0.3) is 0 Å². The lowest BCUT2D eigenvalue weighted by Crippen LogP contribution is -2.12. The Labute approximate surface area is 117 Å². The van der Waals surface area contributed by atoms with E-state index in [4.69, 9.17) is 0 Å². The number of rotatable bonds is 1. The van der Waals surface area contributed by atoms with Crippen LogP contribution in [-0.2, 0) is 6.42 Å². The number of carbonyl (C=O) groups is 1. The van der Waals surface area contributed by atoms with Gasteiger partial charge >= 0.3 is 0 Å². The summed E-state index contributed by atoms with van der Waals surface area (Å²) in [5.74, 6) is 0.283. The van der Waals surface area contributed by atoms with E-state index in [2.05, 4.69) is 47.0 Å². The zero-order chi connectivity index (χ0) is 13.5. The van der Waals surface area contributed by atoms with Crippen LogP contribution in [0.15, 0.2) is 54.7 Å². The molecule has 0 aliphatic heterocycles. The van der Waals surface area contributed by atoms with Crippen molar-refractivity contribution in [2.45, 2.75) is 19.3 Å². The van der Waals surface area contributed by atoms with Gasteiger partial charge in [0.1, 0.15) is 0 Å². The predicted molar refractivity (Wildman–Crippen MR) is 80.5 cm³/mol. The molecule has 1 aliphatic carbocycles. The minimum atomic E-state index is 0.283. The van der Waals surface area contributed by atoms with Gasteiger partial charge in [0.15, 0.2) is 5.78 Å². The SMILES string of the molecule is O=C1CCCc2c1ccn2-c1ccc2ccccc2c1. The van der Waals surface area contributed by atoms with E-state index in [0.29, 0.717) is 6.42 Å². The fourth-order valence-corrected chi connectivity index (χ4v) is 3.09. The zero-order valence-corrected chi connectivity index (χ0v) is 11.2. The van der Waals surface area contributed by atoms with Crippen molar-refractivity contribution in [3.05, 3.63) is 66.0 Å². The number of nitrogens with zero attached hydrogens (tertiary/aromatic N) is 1. The highest BCUT2D eigenvalue weighted by Crippen LogP contribution is 2.26. The van der Waals surface area contributed by atoms with E-state index in [0.717, 1.165) is 29.8 Å². The normalized spacial score (nSPS) is 14.5. The van der Waals surface area contributed by atoms with Crippen LogP contribution in [0.5, 0.6) is 0 Å². The minimum absolute atomic E-state index is 0.283. The van der Waals surface area contributed by atoms with Gasteiger partial charge in [0.2, 0.25) is 0 Å². The molecule has 2 heteroatoms. The van der Waals surface area contributed by atoms with Gasteiger partial charge in [-0.3, -0.25) is 4.79 Å². The Morgan fingerprint density at radius 3 is 2.65 bits per heavy atom. The third-order valence-corrected chi connectivity index (χ3v) is 4.12. The van der Waals surface area contributed by atoms with E-state index < -0.39 is 0 Å². The lowest BCUT2D eigenvalue weighted by molar-refractivity contribution is 0.0972. The first-order valence-electron chi connectivity index (χ1n) is 7.05. The van der Waals surface area contributed by atoms with Crippen molar-refractivity contribution in [2.24, 2.45) is 0 Å². The van der Waals surface area contributed by atoms with Gasteiger partial charge in [-0.05, 0) is 41.8 Å². The first-order valence-corrected chi connectivity index (χ1v) is 7.05. The summed E-state index contributed by atoms with van der Waals surface area (Å²) in [5, 5.41) is 2.47. The molecule has 0 N–H and O–H groups in total. The fraction of sp³-hybridized carbons (Fsp3) is 0.167. The number of Topliss-reactive ketones (excluding diaryl/α,β-unsaturated/α-hetero) is 1. The molecule has 0 saturated carbocycles. The van der Waals surface area contributed by atoms with Crippen molar-refractivity contribution in [3.8, 4) is 5.69 Å². The first-order chi connectivity index (χ1) is 9.83. The molecule has 3 aromatic rings. The summed E-state index contributed by atoms with van der Waals surface area (Å²) in [4.78, 5) is 11.9. The molecule has 0 atom stereocenters. The molecule has 0 amide bonds. The Morgan fingerprint density at radius 1 is 0.900 bits per heavy atom. The van der Waals surface area contributed by atoms with Gasteiger partial charge in [-0.25, -0.2) is 0 Å². The monoisotopic (exact) mass is 261 g/mol. The van der Waals surface area contributed by atoms with E-state index >= 15 is 0 Å². The molecule has 2 nitrogen and oxygen atoms in total. The van der Waals surface area contributed by atoms with Crippen LogP contribution in [0.4, 0.5) is 0 Å². The van der Waals surface area contributed by atoms with Crippen molar-refractivity contribution in [1.82, 2.24) is 4.57 Å². The Hall–Kier alpha value is -2.35. The van der Waals surface area contributed by atoms with Crippen LogP contribution in [0.3, 0.4) is 0 Å². The molecular weight excluding hydrogens is 246 g/mol. The number of ketones is 1. The van der Waals surface area contributed by atoms with Crippen molar-refractivity contribution in [3.63, 3.8) is 0 Å². The number of fused-ring (bicyclic) bond motifs is 2. The summed E-state index contributed by atoms with van der Waals surface area (Å²) in [6, 6.07) is 16.8. The van der Waals surface area contributed by atoms with Gasteiger partial charge in [-0.2, -0.15) is 0 Å². The van der Waals surface area contributed by atoms with Crippen LogP contribution in [0, 0.1) is 0 Å². The van der Waals surface area contributed by atoms with E-state index in [1.807, 2.05) is 12.3 Å². The van der Waals surface area contributed by atoms with Crippen molar-refractivity contribution in [1.29, 1.82) is 0 Å². The minimum Gasteiger partial charge on any atom is -0.320 e. The fourth-order valence-electron chi connectivity index (χ4n) is 3.09. The first kappa shape index (κ1) is 11.5. The highest BCUT2D eigenvalue weighted by Gasteiger charge is 2.20. The third-order valence-electron chi connectivity index (χ3n) is 4.12. The van der Waals surface area contributed by atoms with E-state index in [-0.39, 0.29) is 5.78 Å². The molecule has 0 spiro atoms. The maximum atomic E-state index is 11.9. The van der Waals surface area contributed by atoms with E-state index in [1.54, 1.807) is 0 Å². The van der Waals surface area contributed by atoms with Gasteiger partial charge in [-0.1, -0.05) is 30.3 Å². The molecule has 4 rings (SSSR count).